The van der Waals surface area contributed by atoms with Gasteiger partial charge in [-0.3, -0.25) is 14.1 Å². The second kappa shape index (κ2) is 17.4. The van der Waals surface area contributed by atoms with Crippen LogP contribution in [0.2, 0.25) is 0 Å². The van der Waals surface area contributed by atoms with Gasteiger partial charge in [0, 0.05) is 57.9 Å². The Balaban J connectivity index is 0.000000714. The van der Waals surface area contributed by atoms with Gasteiger partial charge in [0.05, 0.1) is 13.2 Å². The van der Waals surface area contributed by atoms with Gasteiger partial charge in [-0.2, -0.15) is 0 Å². The zero-order valence-electron chi connectivity index (χ0n) is 22.0. The Bertz CT molecular complexity index is 1390. The van der Waals surface area contributed by atoms with Crippen molar-refractivity contribution in [2.75, 3.05) is 12.3 Å². The normalized spacial score (nSPS) is 11.2. The van der Waals surface area contributed by atoms with Crippen LogP contribution >= 0.6 is 19.6 Å². The molecule has 0 fully saturated rings. The number of pyridine rings is 1. The van der Waals surface area contributed by atoms with Crippen LogP contribution in [0.5, 0.6) is 0 Å². The molecule has 16 heteroatoms. The molecule has 0 unspecified atom stereocenters. The fourth-order valence-electron chi connectivity index (χ4n) is 3.01. The summed E-state index contributed by atoms with van der Waals surface area (Å²) in [6.45, 7) is 3.03. The van der Waals surface area contributed by atoms with Crippen LogP contribution in [-0.4, -0.2) is 58.8 Å². The number of rotatable bonds is 11. The number of hydrogen-bond acceptors (Lipinski definition) is 10. The number of carbonyl (C=O) groups is 3. The van der Waals surface area contributed by atoms with Crippen LogP contribution < -0.4 is 5.73 Å². The number of aromatic nitrogens is 3. The molecule has 3 aromatic rings. The number of carboxylic acids is 1. The summed E-state index contributed by atoms with van der Waals surface area (Å²) in [5.41, 5.74) is 7.37. The van der Waals surface area contributed by atoms with E-state index in [1.54, 1.807) is 56.3 Å². The Labute approximate surface area is 251 Å². The summed E-state index contributed by atoms with van der Waals surface area (Å²) in [5, 5.41) is 8.04. The van der Waals surface area contributed by atoms with E-state index in [1.165, 1.54) is 23.4 Å². The van der Waals surface area contributed by atoms with Gasteiger partial charge in [-0.25, -0.2) is 24.3 Å². The van der Waals surface area contributed by atoms with Crippen molar-refractivity contribution in [3.63, 3.8) is 0 Å². The maximum atomic E-state index is 12.7. The molecule has 0 bridgehead atoms. The van der Waals surface area contributed by atoms with E-state index in [9.17, 15) is 18.9 Å². The summed E-state index contributed by atoms with van der Waals surface area (Å²) in [6.07, 6.45) is 3.54. The molecule has 2 aromatic heterocycles. The number of phosphoric ester groups is 1. The molecular weight excluding hydrogens is 613 g/mol. The third kappa shape index (κ3) is 12.8. The number of nitrogen functional groups attached to an aromatic ring is 1. The number of aromatic carboxylic acids is 1. The SMILES string of the molecule is C/C(=C(\CCOP(=O)(O)O)SC(=O)c1ccccc1)N(C=O)Cc1cnc(C)nc1N.O=C(O)c1ccccn1.[Cr]. The largest absolute Gasteiger partial charge is 0.477 e. The van der Waals surface area contributed by atoms with Crippen molar-refractivity contribution in [1.82, 2.24) is 19.9 Å². The molecule has 13 nitrogen and oxygen atoms in total. The van der Waals surface area contributed by atoms with Gasteiger partial charge in [-0.1, -0.05) is 36.4 Å². The van der Waals surface area contributed by atoms with E-state index in [1.807, 2.05) is 0 Å². The van der Waals surface area contributed by atoms with E-state index in [0.29, 0.717) is 34.0 Å². The fraction of sp³-hybridized carbons (Fsp3) is 0.200. The zero-order chi connectivity index (χ0) is 29.7. The first-order chi connectivity index (χ1) is 18.9. The van der Waals surface area contributed by atoms with Crippen molar-refractivity contribution in [3.8, 4) is 0 Å². The molecule has 41 heavy (non-hydrogen) atoms. The van der Waals surface area contributed by atoms with Gasteiger partial charge < -0.3 is 25.5 Å². The molecular formula is C25H28CrN5O8PS. The van der Waals surface area contributed by atoms with E-state index >= 15 is 0 Å². The second-order valence-corrected chi connectivity index (χ2v) is 10.2. The van der Waals surface area contributed by atoms with E-state index in [0.717, 1.165) is 11.8 Å². The quantitative estimate of drug-likeness (QED) is 0.175. The number of phosphoric acid groups is 1. The fourth-order valence-corrected chi connectivity index (χ4v) is 4.27. The van der Waals surface area contributed by atoms with Crippen LogP contribution in [0.4, 0.5) is 5.82 Å². The molecule has 5 N–H and O–H groups in total. The number of nitrogens with zero attached hydrogens (tertiary/aromatic N) is 4. The first kappa shape index (κ1) is 35.6. The maximum Gasteiger partial charge on any atom is 0.469 e. The molecule has 0 radical (unpaired) electrons. The topological polar surface area (TPSA) is 206 Å². The molecule has 0 aliphatic carbocycles. The van der Waals surface area contributed by atoms with Crippen molar-refractivity contribution in [2.24, 2.45) is 0 Å². The summed E-state index contributed by atoms with van der Waals surface area (Å²) < 4.78 is 15.5. The third-order valence-corrected chi connectivity index (χ3v) is 6.70. The molecule has 0 saturated heterocycles. The second-order valence-electron chi connectivity index (χ2n) is 7.92. The summed E-state index contributed by atoms with van der Waals surface area (Å²) in [4.78, 5) is 65.9. The standard InChI is InChI=1S/C19H23N4O6PS.C6H5NO2.Cr/c1-13(23(12-24)11-16-10-21-14(2)22-18(16)20)17(8-9-29-30(26,27)28)31-19(25)15-6-4-3-5-7-15;8-6(9)5-3-1-2-4-7-5;/h3-7,10,12H,8-9,11H2,1-2H3,(H2,20,21,22)(H2,26,27,28);1-4H,(H,8,9);/b17-13-;;. The molecule has 1 aromatic carbocycles. The molecule has 0 spiro atoms. The summed E-state index contributed by atoms with van der Waals surface area (Å²) in [5.74, 6) is -0.271. The molecule has 1 amide bonds. The van der Waals surface area contributed by atoms with Gasteiger partial charge in [-0.15, -0.1) is 0 Å². The summed E-state index contributed by atoms with van der Waals surface area (Å²) >= 11 is 0.862. The van der Waals surface area contributed by atoms with Crippen molar-refractivity contribution in [3.05, 3.63) is 94.2 Å². The molecule has 0 aliphatic heterocycles. The van der Waals surface area contributed by atoms with Crippen molar-refractivity contribution in [2.45, 2.75) is 26.8 Å². The third-order valence-electron chi connectivity index (χ3n) is 5.02. The summed E-state index contributed by atoms with van der Waals surface area (Å²) in [7, 11) is -4.67. The van der Waals surface area contributed by atoms with Crippen LogP contribution in [0, 0.1) is 6.92 Å². The first-order valence-electron chi connectivity index (χ1n) is 11.5. The minimum Gasteiger partial charge on any atom is -0.477 e. The number of allylic oxidation sites excluding steroid dienone is 1. The van der Waals surface area contributed by atoms with Gasteiger partial charge in [0.1, 0.15) is 17.3 Å². The number of hydrogen-bond donors (Lipinski definition) is 4. The molecule has 3 rings (SSSR count). The predicted octanol–water partition coefficient (Wildman–Crippen LogP) is 3.41. The maximum absolute atomic E-state index is 12.7. The number of anilines is 1. The molecule has 2 heterocycles. The Hall–Kier alpha value is -3.41. The average molecular weight is 642 g/mol. The first-order valence-corrected chi connectivity index (χ1v) is 13.9. The van der Waals surface area contributed by atoms with Gasteiger partial charge in [0.2, 0.25) is 11.5 Å². The minimum absolute atomic E-state index is 0. The molecule has 218 valence electrons. The number of amides is 1. The molecule has 0 saturated carbocycles. The van der Waals surface area contributed by atoms with Crippen molar-refractivity contribution < 1.29 is 55.7 Å². The molecule has 0 aliphatic rings. The smallest absolute Gasteiger partial charge is 0.469 e. The molecule has 0 atom stereocenters. The Kier molecular flexibility index (Phi) is 15.1. The van der Waals surface area contributed by atoms with E-state index in [-0.39, 0.29) is 53.6 Å². The van der Waals surface area contributed by atoms with E-state index in [4.69, 9.17) is 20.6 Å². The number of thioether (sulfide) groups is 1. The van der Waals surface area contributed by atoms with Gasteiger partial charge in [0.15, 0.2) is 0 Å². The number of carboxylic acid groups (broad SMARTS) is 1. The zero-order valence-corrected chi connectivity index (χ0v) is 25.0. The van der Waals surface area contributed by atoms with Crippen LogP contribution in [0.25, 0.3) is 0 Å². The van der Waals surface area contributed by atoms with E-state index in [2.05, 4.69) is 19.5 Å². The predicted molar refractivity (Wildman–Crippen MR) is 148 cm³/mol. The van der Waals surface area contributed by atoms with Gasteiger partial charge in [0.25, 0.3) is 0 Å². The monoisotopic (exact) mass is 641 g/mol. The number of carbonyl (C=O) groups excluding carboxylic acids is 2. The average Bonchev–Trinajstić information content (AvgIpc) is 2.92. The van der Waals surface area contributed by atoms with Crippen molar-refractivity contribution >= 4 is 42.9 Å². The number of nitrogens with two attached hydrogens (primary N) is 1. The van der Waals surface area contributed by atoms with Crippen molar-refractivity contribution in [1.29, 1.82) is 0 Å². The van der Waals surface area contributed by atoms with Crippen LogP contribution in [0.1, 0.15) is 45.6 Å². The van der Waals surface area contributed by atoms with Gasteiger partial charge >= 0.3 is 13.8 Å². The number of benzene rings is 1. The summed E-state index contributed by atoms with van der Waals surface area (Å²) in [6, 6.07) is 13.3. The van der Waals surface area contributed by atoms with E-state index < -0.39 is 13.8 Å². The Morgan fingerprint density at radius 2 is 1.78 bits per heavy atom. The number of aryl methyl sites for hydroxylation is 1. The Morgan fingerprint density at radius 3 is 2.29 bits per heavy atom. The van der Waals surface area contributed by atoms with Crippen LogP contribution in [0.3, 0.4) is 0 Å². The van der Waals surface area contributed by atoms with Crippen LogP contribution in [-0.2, 0) is 37.8 Å². The Morgan fingerprint density at radius 1 is 1.12 bits per heavy atom. The van der Waals surface area contributed by atoms with Gasteiger partial charge in [-0.05, 0) is 37.7 Å². The minimum atomic E-state index is -4.67. The van der Waals surface area contributed by atoms with Crippen LogP contribution in [0.15, 0.2) is 71.5 Å².